The van der Waals surface area contributed by atoms with E-state index in [0.717, 1.165) is 12.0 Å². The highest BCUT2D eigenvalue weighted by atomic mass is 16.1. The first kappa shape index (κ1) is 7.19. The van der Waals surface area contributed by atoms with E-state index in [0.29, 0.717) is 13.0 Å². The molecule has 0 aromatic heterocycles. The molecule has 0 radical (unpaired) electrons. The Bertz CT molecular complexity index is 191. The topological polar surface area (TPSA) is 29.4 Å². The molecular weight excluding hydrogens is 126 g/mol. The number of nitrogens with zero attached hydrogens (tertiary/aromatic N) is 1. The fourth-order valence-corrected chi connectivity index (χ4v) is 0.926. The fourth-order valence-electron chi connectivity index (χ4n) is 0.926. The van der Waals surface area contributed by atoms with Gasteiger partial charge in [-0.3, -0.25) is 9.79 Å². The fraction of sp³-hybridized carbons (Fsp3) is 0.500. The molecule has 0 aromatic carbocycles. The van der Waals surface area contributed by atoms with Crippen LogP contribution >= 0.6 is 0 Å². The van der Waals surface area contributed by atoms with E-state index in [1.807, 2.05) is 19.2 Å². The molecule has 54 valence electrons. The Morgan fingerprint density at radius 2 is 2.60 bits per heavy atom. The van der Waals surface area contributed by atoms with E-state index >= 15 is 0 Å². The summed E-state index contributed by atoms with van der Waals surface area (Å²) in [7, 11) is 0. The molecule has 1 aliphatic heterocycles. The highest BCUT2D eigenvalue weighted by molar-refractivity contribution is 5.96. The molecule has 0 spiro atoms. The summed E-state index contributed by atoms with van der Waals surface area (Å²) in [6.07, 6.45) is 5.22. The number of carbonyl (C=O) groups is 1. The highest BCUT2D eigenvalue weighted by Crippen LogP contribution is 2.05. The lowest BCUT2D eigenvalue weighted by Gasteiger charge is -2.03. The number of rotatable bonds is 2. The van der Waals surface area contributed by atoms with Crippen molar-refractivity contribution in [1.82, 2.24) is 0 Å². The van der Waals surface area contributed by atoms with E-state index in [-0.39, 0.29) is 5.78 Å². The Morgan fingerprint density at radius 1 is 1.80 bits per heavy atom. The van der Waals surface area contributed by atoms with Gasteiger partial charge in [-0.2, -0.15) is 0 Å². The van der Waals surface area contributed by atoms with Crippen LogP contribution in [0.4, 0.5) is 0 Å². The van der Waals surface area contributed by atoms with E-state index in [4.69, 9.17) is 0 Å². The Morgan fingerprint density at radius 3 is 3.10 bits per heavy atom. The van der Waals surface area contributed by atoms with Gasteiger partial charge in [0.1, 0.15) is 0 Å². The van der Waals surface area contributed by atoms with Crippen molar-refractivity contribution in [3.05, 3.63) is 11.6 Å². The molecular formula is C8H11NO. The van der Waals surface area contributed by atoms with Gasteiger partial charge in [-0.05, 0) is 0 Å². The van der Waals surface area contributed by atoms with Gasteiger partial charge in [-0.25, -0.2) is 0 Å². The summed E-state index contributed by atoms with van der Waals surface area (Å²) in [6.45, 7) is 2.47. The van der Waals surface area contributed by atoms with Crippen LogP contribution < -0.4 is 0 Å². The third kappa shape index (κ3) is 1.53. The quantitative estimate of drug-likeness (QED) is 0.565. The number of ketones is 1. The summed E-state index contributed by atoms with van der Waals surface area (Å²) in [6, 6.07) is 0. The van der Waals surface area contributed by atoms with Crippen molar-refractivity contribution in [2.45, 2.75) is 19.8 Å². The maximum Gasteiger partial charge on any atom is 0.160 e. The zero-order valence-electron chi connectivity index (χ0n) is 6.13. The minimum absolute atomic E-state index is 0.233. The monoisotopic (exact) mass is 137 g/mol. The summed E-state index contributed by atoms with van der Waals surface area (Å²) >= 11 is 0. The van der Waals surface area contributed by atoms with Crippen LogP contribution in [-0.2, 0) is 4.79 Å². The molecule has 0 atom stereocenters. The predicted molar refractivity (Wildman–Crippen MR) is 41.4 cm³/mol. The molecule has 10 heavy (non-hydrogen) atoms. The Balaban J connectivity index is 2.56. The van der Waals surface area contributed by atoms with E-state index in [1.165, 1.54) is 0 Å². The number of carbonyl (C=O) groups excluding carboxylic acids is 1. The first-order valence-corrected chi connectivity index (χ1v) is 3.55. The smallest absolute Gasteiger partial charge is 0.160 e. The number of hydrogen-bond acceptors (Lipinski definition) is 2. The average Bonchev–Trinajstić information content (AvgIpc) is 2.05. The maximum absolute atomic E-state index is 11.0. The summed E-state index contributed by atoms with van der Waals surface area (Å²) < 4.78 is 0. The number of allylic oxidation sites excluding steroid dienone is 1. The minimum atomic E-state index is 0.233. The first-order chi connectivity index (χ1) is 4.84. The van der Waals surface area contributed by atoms with Crippen molar-refractivity contribution in [2.75, 3.05) is 6.54 Å². The molecule has 0 N–H and O–H groups in total. The lowest BCUT2D eigenvalue weighted by Crippen LogP contribution is -2.06. The van der Waals surface area contributed by atoms with E-state index in [1.54, 1.807) is 0 Å². The summed E-state index contributed by atoms with van der Waals surface area (Å²) in [4.78, 5) is 15.0. The number of hydrogen-bond donors (Lipinski definition) is 0. The van der Waals surface area contributed by atoms with Gasteiger partial charge in [-0.1, -0.05) is 13.0 Å². The Labute approximate surface area is 60.7 Å². The van der Waals surface area contributed by atoms with E-state index in [2.05, 4.69) is 4.99 Å². The minimum Gasteiger partial charge on any atom is -0.295 e. The van der Waals surface area contributed by atoms with E-state index < -0.39 is 0 Å². The Kier molecular flexibility index (Phi) is 2.37. The summed E-state index contributed by atoms with van der Waals surface area (Å²) in [5, 5.41) is 0. The zero-order valence-corrected chi connectivity index (χ0v) is 6.13. The molecule has 0 bridgehead atoms. The van der Waals surface area contributed by atoms with Crippen LogP contribution in [0, 0.1) is 0 Å². The second-order valence-corrected chi connectivity index (χ2v) is 2.27. The maximum atomic E-state index is 11.0. The molecule has 0 unspecified atom stereocenters. The van der Waals surface area contributed by atoms with Gasteiger partial charge in [0.25, 0.3) is 0 Å². The SMILES string of the molecule is CCC(=O)C1=CCC=NC1. The van der Waals surface area contributed by atoms with Crippen molar-refractivity contribution < 1.29 is 4.79 Å². The number of aliphatic imine (C=N–C) groups is 1. The second kappa shape index (κ2) is 3.30. The second-order valence-electron chi connectivity index (χ2n) is 2.27. The normalized spacial score (nSPS) is 16.7. The Hall–Kier alpha value is -0.920. The number of dihydropyridines is 1. The van der Waals surface area contributed by atoms with Crippen LogP contribution in [0.2, 0.25) is 0 Å². The number of Topliss-reactive ketones (excluding diaryl/α,β-unsaturated/α-hetero) is 1. The van der Waals surface area contributed by atoms with Crippen LogP contribution in [0.3, 0.4) is 0 Å². The van der Waals surface area contributed by atoms with Crippen LogP contribution in [0.5, 0.6) is 0 Å². The van der Waals surface area contributed by atoms with Gasteiger partial charge in [0, 0.05) is 24.6 Å². The third-order valence-electron chi connectivity index (χ3n) is 1.54. The zero-order chi connectivity index (χ0) is 7.40. The highest BCUT2D eigenvalue weighted by Gasteiger charge is 2.06. The van der Waals surface area contributed by atoms with Crippen LogP contribution in [-0.4, -0.2) is 18.5 Å². The molecule has 1 rings (SSSR count). The van der Waals surface area contributed by atoms with Crippen molar-refractivity contribution in [2.24, 2.45) is 4.99 Å². The van der Waals surface area contributed by atoms with Gasteiger partial charge < -0.3 is 0 Å². The van der Waals surface area contributed by atoms with Gasteiger partial charge >= 0.3 is 0 Å². The molecule has 0 aliphatic carbocycles. The van der Waals surface area contributed by atoms with Crippen molar-refractivity contribution in [3.8, 4) is 0 Å². The largest absolute Gasteiger partial charge is 0.295 e. The van der Waals surface area contributed by atoms with Crippen LogP contribution in [0.25, 0.3) is 0 Å². The van der Waals surface area contributed by atoms with Gasteiger partial charge in [0.05, 0.1) is 6.54 Å². The molecule has 0 fully saturated rings. The molecule has 0 saturated heterocycles. The molecule has 0 aromatic rings. The van der Waals surface area contributed by atoms with Gasteiger partial charge in [-0.15, -0.1) is 0 Å². The first-order valence-electron chi connectivity index (χ1n) is 3.55. The van der Waals surface area contributed by atoms with Crippen molar-refractivity contribution in [1.29, 1.82) is 0 Å². The standard InChI is InChI=1S/C8H11NO/c1-2-8(10)7-4-3-5-9-6-7/h4-5H,2-3,6H2,1H3. The van der Waals surface area contributed by atoms with Crippen molar-refractivity contribution in [3.63, 3.8) is 0 Å². The molecule has 2 nitrogen and oxygen atoms in total. The van der Waals surface area contributed by atoms with Gasteiger partial charge in [0.2, 0.25) is 0 Å². The lowest BCUT2D eigenvalue weighted by atomic mass is 10.1. The van der Waals surface area contributed by atoms with E-state index in [9.17, 15) is 4.79 Å². The van der Waals surface area contributed by atoms with Crippen LogP contribution in [0.1, 0.15) is 19.8 Å². The summed E-state index contributed by atoms with van der Waals surface area (Å²) in [5.74, 6) is 0.233. The summed E-state index contributed by atoms with van der Waals surface area (Å²) in [5.41, 5.74) is 0.880. The third-order valence-corrected chi connectivity index (χ3v) is 1.54. The molecule has 1 aliphatic rings. The van der Waals surface area contributed by atoms with Crippen molar-refractivity contribution >= 4 is 12.0 Å². The van der Waals surface area contributed by atoms with Crippen LogP contribution in [0.15, 0.2) is 16.6 Å². The molecule has 0 saturated carbocycles. The molecule has 0 amide bonds. The molecule has 2 heteroatoms. The van der Waals surface area contributed by atoms with Gasteiger partial charge in [0.15, 0.2) is 5.78 Å². The average molecular weight is 137 g/mol. The predicted octanol–water partition coefficient (Wildman–Crippen LogP) is 1.37. The molecule has 1 heterocycles. The lowest BCUT2D eigenvalue weighted by molar-refractivity contribution is -0.115.